The van der Waals surface area contributed by atoms with Crippen molar-refractivity contribution in [3.63, 3.8) is 0 Å². The lowest BCUT2D eigenvalue weighted by Gasteiger charge is -2.14. The van der Waals surface area contributed by atoms with Crippen molar-refractivity contribution < 1.29 is 33.8 Å². The molecular formula is C25H26N2O7. The van der Waals surface area contributed by atoms with Crippen LogP contribution < -0.4 is 10.6 Å². The minimum absolute atomic E-state index is 0.0873. The van der Waals surface area contributed by atoms with Crippen molar-refractivity contribution in [3.8, 4) is 11.1 Å². The van der Waals surface area contributed by atoms with Gasteiger partial charge in [0.05, 0.1) is 19.5 Å². The number of fused-ring (bicyclic) bond motifs is 3. The van der Waals surface area contributed by atoms with Crippen LogP contribution in [0.15, 0.2) is 48.5 Å². The van der Waals surface area contributed by atoms with E-state index in [2.05, 4.69) is 10.6 Å². The molecule has 9 nitrogen and oxygen atoms in total. The van der Waals surface area contributed by atoms with Gasteiger partial charge in [0.15, 0.2) is 11.6 Å². The third-order valence-corrected chi connectivity index (χ3v) is 5.50. The van der Waals surface area contributed by atoms with Gasteiger partial charge in [-0.25, -0.2) is 4.79 Å². The Kier molecular flexibility index (Phi) is 8.50. The number of carbonyl (C=O) groups is 5. The van der Waals surface area contributed by atoms with Crippen LogP contribution in [0, 0.1) is 0 Å². The average Bonchev–Trinajstić information content (AvgIpc) is 3.16. The summed E-state index contributed by atoms with van der Waals surface area (Å²) in [6.45, 7) is -0.424. The number of carbonyl (C=O) groups excluding carboxylic acids is 4. The third kappa shape index (κ3) is 6.74. The summed E-state index contributed by atoms with van der Waals surface area (Å²) >= 11 is 0. The fourth-order valence-electron chi connectivity index (χ4n) is 3.78. The van der Waals surface area contributed by atoms with Crippen molar-refractivity contribution >= 4 is 29.5 Å². The number of aliphatic carboxylic acids is 1. The van der Waals surface area contributed by atoms with E-state index in [1.807, 2.05) is 48.5 Å². The Labute approximate surface area is 196 Å². The fraction of sp³-hybridized carbons (Fsp3) is 0.320. The second-order valence-corrected chi connectivity index (χ2v) is 7.93. The van der Waals surface area contributed by atoms with E-state index in [0.29, 0.717) is 0 Å². The second kappa shape index (κ2) is 11.7. The SMILES string of the molecule is O=C(O)CCC(=O)CNC(=O)CCC(=O)CNC(=O)OCC1c2ccccc2-c2ccccc21. The number of rotatable bonds is 12. The Bertz CT molecular complexity index is 1050. The van der Waals surface area contributed by atoms with Crippen LogP contribution >= 0.6 is 0 Å². The summed E-state index contributed by atoms with van der Waals surface area (Å²) in [4.78, 5) is 57.7. The highest BCUT2D eigenvalue weighted by Gasteiger charge is 2.29. The van der Waals surface area contributed by atoms with Gasteiger partial charge in [-0.2, -0.15) is 0 Å². The van der Waals surface area contributed by atoms with Gasteiger partial charge in [0.2, 0.25) is 5.91 Å². The van der Waals surface area contributed by atoms with E-state index in [9.17, 15) is 24.0 Å². The summed E-state index contributed by atoms with van der Waals surface area (Å²) in [6.07, 6.45) is -1.44. The molecule has 1 aliphatic rings. The van der Waals surface area contributed by atoms with Gasteiger partial charge >= 0.3 is 12.1 Å². The highest BCUT2D eigenvalue weighted by Crippen LogP contribution is 2.44. The molecule has 0 radical (unpaired) electrons. The topological polar surface area (TPSA) is 139 Å². The molecule has 0 heterocycles. The molecule has 1 aliphatic carbocycles. The standard InChI is InChI=1S/C25H26N2O7/c28-16(9-11-23(30)26-13-17(29)10-12-24(31)32)14-27-25(33)34-15-22-20-7-3-1-5-18(20)19-6-2-4-8-21(19)22/h1-8,22H,9-15H2,(H,26,30)(H,27,33)(H,31,32). The molecule has 0 fully saturated rings. The van der Waals surface area contributed by atoms with Crippen molar-refractivity contribution in [2.24, 2.45) is 0 Å². The zero-order valence-corrected chi connectivity index (χ0v) is 18.5. The molecule has 178 valence electrons. The predicted octanol–water partition coefficient (Wildman–Crippen LogP) is 2.42. The summed E-state index contributed by atoms with van der Waals surface area (Å²) in [6, 6.07) is 15.9. The van der Waals surface area contributed by atoms with Gasteiger partial charge in [-0.15, -0.1) is 0 Å². The molecule has 3 rings (SSSR count). The van der Waals surface area contributed by atoms with Gasteiger partial charge < -0.3 is 20.5 Å². The van der Waals surface area contributed by atoms with Crippen LogP contribution in [0.4, 0.5) is 4.79 Å². The van der Waals surface area contributed by atoms with Gasteiger partial charge in [-0.3, -0.25) is 19.2 Å². The molecule has 34 heavy (non-hydrogen) atoms. The fourth-order valence-corrected chi connectivity index (χ4v) is 3.78. The quantitative estimate of drug-likeness (QED) is 0.437. The molecule has 0 bridgehead atoms. The summed E-state index contributed by atoms with van der Waals surface area (Å²) in [5, 5.41) is 13.3. The van der Waals surface area contributed by atoms with Crippen molar-refractivity contribution in [2.45, 2.75) is 31.6 Å². The van der Waals surface area contributed by atoms with E-state index in [0.717, 1.165) is 22.3 Å². The zero-order valence-electron chi connectivity index (χ0n) is 18.5. The predicted molar refractivity (Wildman–Crippen MR) is 122 cm³/mol. The van der Waals surface area contributed by atoms with Crippen LogP contribution in [-0.2, 0) is 23.9 Å². The van der Waals surface area contributed by atoms with E-state index in [4.69, 9.17) is 9.84 Å². The van der Waals surface area contributed by atoms with Gasteiger partial charge in [0.25, 0.3) is 0 Å². The van der Waals surface area contributed by atoms with Crippen LogP contribution in [0.25, 0.3) is 11.1 Å². The van der Waals surface area contributed by atoms with Crippen molar-refractivity contribution in [3.05, 3.63) is 59.7 Å². The molecule has 0 aliphatic heterocycles. The number of ether oxygens (including phenoxy) is 1. The van der Waals surface area contributed by atoms with Gasteiger partial charge in [0.1, 0.15) is 6.61 Å². The largest absolute Gasteiger partial charge is 0.481 e. The van der Waals surface area contributed by atoms with Gasteiger partial charge in [-0.05, 0) is 22.3 Å². The second-order valence-electron chi connectivity index (χ2n) is 7.93. The number of Topliss-reactive ketones (excluding diaryl/α,β-unsaturated/α-hetero) is 2. The zero-order chi connectivity index (χ0) is 24.5. The molecule has 2 amide bonds. The molecule has 0 unspecified atom stereocenters. The van der Waals surface area contributed by atoms with E-state index in [-0.39, 0.29) is 57.1 Å². The Morgan fingerprint density at radius 3 is 1.85 bits per heavy atom. The van der Waals surface area contributed by atoms with E-state index in [1.165, 1.54) is 0 Å². The molecule has 0 atom stereocenters. The number of carboxylic acid groups (broad SMARTS) is 1. The summed E-state index contributed by atoms with van der Waals surface area (Å²) in [7, 11) is 0. The maximum absolute atomic E-state index is 12.1. The monoisotopic (exact) mass is 466 g/mol. The molecular weight excluding hydrogens is 440 g/mol. The van der Waals surface area contributed by atoms with Gasteiger partial charge in [0, 0.05) is 25.2 Å². The minimum atomic E-state index is -1.09. The van der Waals surface area contributed by atoms with Crippen LogP contribution in [0.1, 0.15) is 42.7 Å². The molecule has 0 aromatic heterocycles. The first kappa shape index (κ1) is 24.6. The minimum Gasteiger partial charge on any atom is -0.481 e. The lowest BCUT2D eigenvalue weighted by atomic mass is 9.98. The maximum atomic E-state index is 12.1. The number of carboxylic acids is 1. The first-order valence-corrected chi connectivity index (χ1v) is 11.0. The maximum Gasteiger partial charge on any atom is 0.407 e. The Morgan fingerprint density at radius 1 is 0.735 bits per heavy atom. The molecule has 2 aromatic carbocycles. The third-order valence-electron chi connectivity index (χ3n) is 5.50. The lowest BCUT2D eigenvalue weighted by Crippen LogP contribution is -2.33. The number of ketones is 2. The number of benzene rings is 2. The number of amides is 2. The van der Waals surface area contributed by atoms with Crippen molar-refractivity contribution in [2.75, 3.05) is 19.7 Å². The number of hydrogen-bond donors (Lipinski definition) is 3. The average molecular weight is 466 g/mol. The smallest absolute Gasteiger partial charge is 0.407 e. The lowest BCUT2D eigenvalue weighted by molar-refractivity contribution is -0.138. The van der Waals surface area contributed by atoms with Crippen LogP contribution in [0.3, 0.4) is 0 Å². The van der Waals surface area contributed by atoms with E-state index >= 15 is 0 Å². The molecule has 3 N–H and O–H groups in total. The number of nitrogens with one attached hydrogen (secondary N) is 2. The molecule has 0 saturated heterocycles. The van der Waals surface area contributed by atoms with Crippen molar-refractivity contribution in [1.82, 2.24) is 10.6 Å². The van der Waals surface area contributed by atoms with E-state index < -0.39 is 23.8 Å². The van der Waals surface area contributed by atoms with Crippen LogP contribution in [-0.4, -0.2) is 54.3 Å². The highest BCUT2D eigenvalue weighted by molar-refractivity contribution is 5.90. The summed E-state index contributed by atoms with van der Waals surface area (Å²) in [5.74, 6) is -2.44. The Balaban J connectivity index is 1.36. The molecule has 0 saturated carbocycles. The molecule has 9 heteroatoms. The first-order chi connectivity index (χ1) is 16.3. The first-order valence-electron chi connectivity index (χ1n) is 11.0. The normalized spacial score (nSPS) is 11.8. The van der Waals surface area contributed by atoms with Crippen molar-refractivity contribution in [1.29, 1.82) is 0 Å². The van der Waals surface area contributed by atoms with Crippen LogP contribution in [0.2, 0.25) is 0 Å². The summed E-state index contributed by atoms with van der Waals surface area (Å²) in [5.41, 5.74) is 4.40. The summed E-state index contributed by atoms with van der Waals surface area (Å²) < 4.78 is 5.36. The Morgan fingerprint density at radius 2 is 1.26 bits per heavy atom. The van der Waals surface area contributed by atoms with Crippen LogP contribution in [0.5, 0.6) is 0 Å². The van der Waals surface area contributed by atoms with E-state index in [1.54, 1.807) is 0 Å². The van der Waals surface area contributed by atoms with Gasteiger partial charge in [-0.1, -0.05) is 48.5 Å². The molecule has 2 aromatic rings. The number of hydrogen-bond acceptors (Lipinski definition) is 6. The Hall–Kier alpha value is -4.01. The molecule has 0 spiro atoms. The highest BCUT2D eigenvalue weighted by atomic mass is 16.5. The number of alkyl carbamates (subject to hydrolysis) is 1.